The second-order valence-corrected chi connectivity index (χ2v) is 6.84. The number of rotatable bonds is 6. The summed E-state index contributed by atoms with van der Waals surface area (Å²) in [7, 11) is -3.71. The molecule has 1 aromatic carbocycles. The molecular formula is C13H16N4O2S2. The molecule has 6 nitrogen and oxygen atoms in total. The van der Waals surface area contributed by atoms with Crippen LogP contribution in [0.25, 0.3) is 0 Å². The van der Waals surface area contributed by atoms with Gasteiger partial charge in [-0.05, 0) is 19.1 Å². The van der Waals surface area contributed by atoms with Crippen LogP contribution in [0.1, 0.15) is 12.1 Å². The highest BCUT2D eigenvalue weighted by atomic mass is 32.2. The van der Waals surface area contributed by atoms with E-state index in [0.717, 1.165) is 0 Å². The van der Waals surface area contributed by atoms with Crippen LogP contribution >= 0.6 is 12.2 Å². The van der Waals surface area contributed by atoms with Gasteiger partial charge in [0, 0.05) is 13.0 Å². The molecule has 0 spiro atoms. The lowest BCUT2D eigenvalue weighted by Crippen LogP contribution is -2.34. The third-order valence-electron chi connectivity index (χ3n) is 2.96. The highest BCUT2D eigenvalue weighted by molar-refractivity contribution is 7.92. The van der Waals surface area contributed by atoms with Gasteiger partial charge in [0.05, 0.1) is 22.6 Å². The van der Waals surface area contributed by atoms with Crippen molar-refractivity contribution >= 4 is 32.9 Å². The minimum atomic E-state index is -3.71. The number of H-pyrrole nitrogens is 1. The second kappa shape index (κ2) is 6.23. The molecule has 1 heterocycles. The van der Waals surface area contributed by atoms with Crippen LogP contribution in [0, 0.1) is 6.92 Å². The molecule has 0 radical (unpaired) electrons. The normalized spacial score (nSPS) is 11.3. The Morgan fingerprint density at radius 1 is 1.38 bits per heavy atom. The first-order valence-electron chi connectivity index (χ1n) is 6.29. The Hall–Kier alpha value is -1.93. The van der Waals surface area contributed by atoms with E-state index < -0.39 is 10.0 Å². The Bertz CT molecular complexity index is 726. The minimum absolute atomic E-state index is 0.147. The number of nitrogens with two attached hydrogens (primary N) is 1. The smallest absolute Gasteiger partial charge is 0.267 e. The summed E-state index contributed by atoms with van der Waals surface area (Å²) < 4.78 is 26.9. The molecular weight excluding hydrogens is 308 g/mol. The van der Waals surface area contributed by atoms with Gasteiger partial charge in [-0.25, -0.2) is 8.42 Å². The van der Waals surface area contributed by atoms with Crippen molar-refractivity contribution < 1.29 is 8.42 Å². The van der Waals surface area contributed by atoms with E-state index >= 15 is 0 Å². The average molecular weight is 324 g/mol. The van der Waals surface area contributed by atoms with Crippen molar-refractivity contribution in [2.45, 2.75) is 18.2 Å². The summed E-state index contributed by atoms with van der Waals surface area (Å²) in [4.78, 5) is 0.421. The Kier molecular flexibility index (Phi) is 4.59. The lowest BCUT2D eigenvalue weighted by molar-refractivity contribution is 0.590. The molecule has 8 heteroatoms. The quantitative estimate of drug-likeness (QED) is 0.787. The molecule has 21 heavy (non-hydrogen) atoms. The van der Waals surface area contributed by atoms with Crippen molar-refractivity contribution in [2.24, 2.45) is 5.73 Å². The van der Waals surface area contributed by atoms with Gasteiger partial charge >= 0.3 is 0 Å². The van der Waals surface area contributed by atoms with Crippen molar-refractivity contribution in [3.05, 3.63) is 42.2 Å². The van der Waals surface area contributed by atoms with E-state index in [9.17, 15) is 8.42 Å². The summed E-state index contributed by atoms with van der Waals surface area (Å²) in [6.45, 7) is 1.85. The predicted molar refractivity (Wildman–Crippen MR) is 85.7 cm³/mol. The Balaban J connectivity index is 2.44. The lowest BCUT2D eigenvalue weighted by Gasteiger charge is -2.24. The van der Waals surface area contributed by atoms with Crippen molar-refractivity contribution in [3.8, 4) is 0 Å². The molecule has 0 bridgehead atoms. The molecule has 0 fully saturated rings. The highest BCUT2D eigenvalue weighted by Gasteiger charge is 2.27. The summed E-state index contributed by atoms with van der Waals surface area (Å²) >= 11 is 4.85. The van der Waals surface area contributed by atoms with Crippen LogP contribution in [0.5, 0.6) is 0 Å². The fourth-order valence-electron chi connectivity index (χ4n) is 1.91. The molecule has 0 amide bonds. The Morgan fingerprint density at radius 3 is 2.57 bits per heavy atom. The SMILES string of the molecule is Cc1[nH]ncc1S(=O)(=O)N(CCC(N)=S)c1ccccc1. The summed E-state index contributed by atoms with van der Waals surface area (Å²) in [6, 6.07) is 8.84. The van der Waals surface area contributed by atoms with Crippen LogP contribution in [0.3, 0.4) is 0 Å². The molecule has 0 aliphatic carbocycles. The summed E-state index contributed by atoms with van der Waals surface area (Å²) in [6.07, 6.45) is 1.61. The first-order valence-corrected chi connectivity index (χ1v) is 8.14. The fraction of sp³-hybridized carbons (Fsp3) is 0.231. The van der Waals surface area contributed by atoms with E-state index in [1.54, 1.807) is 31.2 Å². The van der Waals surface area contributed by atoms with E-state index in [4.69, 9.17) is 18.0 Å². The van der Waals surface area contributed by atoms with Gasteiger partial charge in [-0.15, -0.1) is 0 Å². The van der Waals surface area contributed by atoms with Crippen LogP contribution in [0.4, 0.5) is 5.69 Å². The van der Waals surface area contributed by atoms with Gasteiger partial charge < -0.3 is 5.73 Å². The van der Waals surface area contributed by atoms with E-state index in [1.807, 2.05) is 6.07 Å². The maximum atomic E-state index is 12.8. The third kappa shape index (κ3) is 3.40. The van der Waals surface area contributed by atoms with E-state index in [0.29, 0.717) is 17.8 Å². The number of aromatic amines is 1. The van der Waals surface area contributed by atoms with Crippen LogP contribution in [0.15, 0.2) is 41.4 Å². The minimum Gasteiger partial charge on any atom is -0.393 e. The van der Waals surface area contributed by atoms with E-state index in [1.165, 1.54) is 10.5 Å². The molecule has 0 atom stereocenters. The zero-order valence-corrected chi connectivity index (χ0v) is 13.1. The van der Waals surface area contributed by atoms with Crippen LogP contribution in [-0.2, 0) is 10.0 Å². The first-order chi connectivity index (χ1) is 9.93. The molecule has 0 aliphatic rings. The van der Waals surface area contributed by atoms with Crippen molar-refractivity contribution in [1.82, 2.24) is 10.2 Å². The molecule has 2 rings (SSSR count). The Morgan fingerprint density at radius 2 is 2.05 bits per heavy atom. The number of hydrogen-bond acceptors (Lipinski definition) is 4. The van der Waals surface area contributed by atoms with Gasteiger partial charge in [0.2, 0.25) is 0 Å². The monoisotopic (exact) mass is 324 g/mol. The number of thiocarbonyl (C=S) groups is 1. The average Bonchev–Trinajstić information content (AvgIpc) is 2.86. The van der Waals surface area contributed by atoms with Crippen molar-refractivity contribution in [2.75, 3.05) is 10.8 Å². The molecule has 3 N–H and O–H groups in total. The molecule has 0 aliphatic heterocycles. The van der Waals surface area contributed by atoms with Crippen LogP contribution in [-0.4, -0.2) is 30.1 Å². The van der Waals surface area contributed by atoms with Gasteiger partial charge in [0.1, 0.15) is 4.90 Å². The first kappa shape index (κ1) is 15.5. The molecule has 0 unspecified atom stereocenters. The molecule has 1 aromatic heterocycles. The van der Waals surface area contributed by atoms with Gasteiger partial charge in [0.15, 0.2) is 0 Å². The van der Waals surface area contributed by atoms with Gasteiger partial charge in [0.25, 0.3) is 10.0 Å². The molecule has 0 saturated heterocycles. The van der Waals surface area contributed by atoms with Crippen molar-refractivity contribution in [1.29, 1.82) is 0 Å². The summed E-state index contributed by atoms with van der Waals surface area (Å²) in [5, 5.41) is 6.42. The number of aryl methyl sites for hydroxylation is 1. The van der Waals surface area contributed by atoms with Crippen molar-refractivity contribution in [3.63, 3.8) is 0 Å². The number of aromatic nitrogens is 2. The standard InChI is InChI=1S/C13H16N4O2S2/c1-10-12(9-15-16-10)21(18,19)17(8-7-13(14)20)11-5-3-2-4-6-11/h2-6,9H,7-8H2,1H3,(H2,14,20)(H,15,16). The number of sulfonamides is 1. The predicted octanol–water partition coefficient (Wildman–Crippen LogP) is 1.59. The summed E-state index contributed by atoms with van der Waals surface area (Å²) in [5.41, 5.74) is 6.56. The van der Waals surface area contributed by atoms with Crippen LogP contribution in [0.2, 0.25) is 0 Å². The highest BCUT2D eigenvalue weighted by Crippen LogP contribution is 2.24. The second-order valence-electron chi connectivity index (χ2n) is 4.49. The van der Waals surface area contributed by atoms with Gasteiger partial charge in [-0.1, -0.05) is 30.4 Å². The Labute approximate surface area is 129 Å². The number of para-hydroxylation sites is 1. The number of hydrogen-bond donors (Lipinski definition) is 2. The summed E-state index contributed by atoms with van der Waals surface area (Å²) in [5.74, 6) is 0. The van der Waals surface area contributed by atoms with E-state index in [2.05, 4.69) is 10.2 Å². The number of anilines is 1. The number of benzene rings is 1. The third-order valence-corrected chi connectivity index (χ3v) is 5.10. The fourth-order valence-corrected chi connectivity index (χ4v) is 3.59. The largest absolute Gasteiger partial charge is 0.393 e. The number of nitrogens with zero attached hydrogens (tertiary/aromatic N) is 2. The maximum Gasteiger partial charge on any atom is 0.267 e. The number of nitrogens with one attached hydrogen (secondary N) is 1. The molecule has 0 saturated carbocycles. The molecule has 112 valence electrons. The topological polar surface area (TPSA) is 92.1 Å². The van der Waals surface area contributed by atoms with Gasteiger partial charge in [-0.2, -0.15) is 5.10 Å². The molecule has 2 aromatic rings. The van der Waals surface area contributed by atoms with Gasteiger partial charge in [-0.3, -0.25) is 9.40 Å². The zero-order valence-electron chi connectivity index (χ0n) is 11.5. The lowest BCUT2D eigenvalue weighted by atomic mass is 10.3. The zero-order chi connectivity index (χ0) is 15.5. The van der Waals surface area contributed by atoms with E-state index in [-0.39, 0.29) is 16.4 Å². The van der Waals surface area contributed by atoms with Crippen LogP contribution < -0.4 is 10.0 Å². The maximum absolute atomic E-state index is 12.8.